The van der Waals surface area contributed by atoms with Crippen LogP contribution in [0.1, 0.15) is 32.1 Å². The van der Waals surface area contributed by atoms with Gasteiger partial charge in [-0.3, -0.25) is 0 Å². The summed E-state index contributed by atoms with van der Waals surface area (Å²) >= 11 is 0. The van der Waals surface area contributed by atoms with Gasteiger partial charge in [-0.25, -0.2) is 0 Å². The van der Waals surface area contributed by atoms with E-state index in [1.54, 1.807) is 0 Å². The maximum Gasteiger partial charge on any atom is 0.0689 e. The minimum Gasteiger partial charge on any atom is -0.377 e. The Morgan fingerprint density at radius 1 is 1.41 bits per heavy atom. The lowest BCUT2D eigenvalue weighted by atomic mass is 9.70. The van der Waals surface area contributed by atoms with E-state index in [1.807, 2.05) is 0 Å². The molecular weight excluding hydrogens is 216 g/mol. The first-order valence-corrected chi connectivity index (χ1v) is 6.59. The molecule has 0 aromatic carbocycles. The molecule has 3 heterocycles. The summed E-state index contributed by atoms with van der Waals surface area (Å²) in [6.07, 6.45) is 6.43. The first-order valence-electron chi connectivity index (χ1n) is 6.59. The Balaban J connectivity index is 1.79. The van der Waals surface area contributed by atoms with Crippen molar-refractivity contribution in [2.24, 2.45) is 10.5 Å². The third kappa shape index (κ3) is 1.73. The quantitative estimate of drug-likeness (QED) is 0.419. The zero-order chi connectivity index (χ0) is 11.9. The van der Waals surface area contributed by atoms with Crippen molar-refractivity contribution in [1.29, 1.82) is 0 Å². The largest absolute Gasteiger partial charge is 0.377 e. The Morgan fingerprint density at radius 2 is 2.12 bits per heavy atom. The van der Waals surface area contributed by atoms with E-state index < -0.39 is 0 Å². The topological polar surface area (TPSA) is 61.2 Å². The van der Waals surface area contributed by atoms with Crippen LogP contribution >= 0.6 is 0 Å². The molecule has 0 radical (unpaired) electrons. The summed E-state index contributed by atoms with van der Waals surface area (Å²) in [6.45, 7) is 1.36. The zero-order valence-corrected chi connectivity index (χ0v) is 10.4. The standard InChI is InChI=1S/C12H20N4O/c1-16-9-2-3-10(16)7-12(6-9)4-5-17-11(12)8-14-15-13/h9-11H,2-8H2,1H3. The van der Waals surface area contributed by atoms with Crippen molar-refractivity contribution < 1.29 is 4.74 Å². The average molecular weight is 236 g/mol. The molecule has 2 bridgehead atoms. The lowest BCUT2D eigenvalue weighted by Gasteiger charge is -2.45. The maximum absolute atomic E-state index is 8.47. The van der Waals surface area contributed by atoms with Crippen LogP contribution in [-0.4, -0.2) is 43.3 Å². The number of azide groups is 1. The van der Waals surface area contributed by atoms with Crippen LogP contribution in [0.25, 0.3) is 10.4 Å². The van der Waals surface area contributed by atoms with Gasteiger partial charge in [0.05, 0.1) is 12.6 Å². The van der Waals surface area contributed by atoms with E-state index in [4.69, 9.17) is 10.3 Å². The fraction of sp³-hybridized carbons (Fsp3) is 1.00. The molecule has 0 N–H and O–H groups in total. The molecule has 5 heteroatoms. The van der Waals surface area contributed by atoms with E-state index in [1.165, 1.54) is 25.7 Å². The van der Waals surface area contributed by atoms with E-state index in [9.17, 15) is 0 Å². The summed E-state index contributed by atoms with van der Waals surface area (Å²) in [7, 11) is 2.26. The van der Waals surface area contributed by atoms with Crippen molar-refractivity contribution in [3.05, 3.63) is 10.4 Å². The van der Waals surface area contributed by atoms with E-state index in [-0.39, 0.29) is 6.10 Å². The molecule has 0 aromatic heterocycles. The number of hydrogen-bond acceptors (Lipinski definition) is 3. The molecule has 0 aliphatic carbocycles. The van der Waals surface area contributed by atoms with Gasteiger partial charge in [0.2, 0.25) is 0 Å². The Bertz CT molecular complexity index is 338. The second-order valence-electron chi connectivity index (χ2n) is 5.84. The van der Waals surface area contributed by atoms with Crippen molar-refractivity contribution >= 4 is 0 Å². The van der Waals surface area contributed by atoms with Crippen LogP contribution in [0.15, 0.2) is 5.11 Å². The van der Waals surface area contributed by atoms with Crippen LogP contribution in [0.5, 0.6) is 0 Å². The summed E-state index contributed by atoms with van der Waals surface area (Å²) in [5, 5.41) is 3.73. The highest BCUT2D eigenvalue weighted by Gasteiger charge is 2.52. The highest BCUT2D eigenvalue weighted by atomic mass is 16.5. The molecule has 94 valence electrons. The van der Waals surface area contributed by atoms with Gasteiger partial charge in [-0.05, 0) is 44.7 Å². The third-order valence-electron chi connectivity index (χ3n) is 5.18. The molecular formula is C12H20N4O. The molecule has 3 unspecified atom stereocenters. The molecule has 3 rings (SSSR count). The van der Waals surface area contributed by atoms with Crippen LogP contribution in [-0.2, 0) is 4.74 Å². The van der Waals surface area contributed by atoms with E-state index in [2.05, 4.69) is 22.0 Å². The van der Waals surface area contributed by atoms with Gasteiger partial charge in [-0.1, -0.05) is 5.11 Å². The van der Waals surface area contributed by atoms with E-state index in [0.29, 0.717) is 12.0 Å². The third-order valence-corrected chi connectivity index (χ3v) is 5.18. The van der Waals surface area contributed by atoms with Gasteiger partial charge in [0, 0.05) is 29.0 Å². The smallest absolute Gasteiger partial charge is 0.0689 e. The maximum atomic E-state index is 8.47. The predicted molar refractivity (Wildman–Crippen MR) is 64.6 cm³/mol. The zero-order valence-electron chi connectivity index (χ0n) is 10.4. The second-order valence-corrected chi connectivity index (χ2v) is 5.84. The summed E-state index contributed by atoms with van der Waals surface area (Å²) in [5.41, 5.74) is 8.76. The number of nitrogens with zero attached hydrogens (tertiary/aromatic N) is 4. The number of fused-ring (bicyclic) bond motifs is 2. The van der Waals surface area contributed by atoms with Crippen molar-refractivity contribution in [1.82, 2.24) is 4.90 Å². The monoisotopic (exact) mass is 236 g/mol. The number of rotatable bonds is 2. The van der Waals surface area contributed by atoms with Crippen LogP contribution in [0, 0.1) is 5.41 Å². The van der Waals surface area contributed by atoms with Gasteiger partial charge in [0.1, 0.15) is 0 Å². The van der Waals surface area contributed by atoms with E-state index >= 15 is 0 Å². The van der Waals surface area contributed by atoms with Crippen molar-refractivity contribution in [2.75, 3.05) is 20.2 Å². The Morgan fingerprint density at radius 3 is 2.76 bits per heavy atom. The Labute approximate surface area is 102 Å². The SMILES string of the molecule is CN1C2CCC1CC1(CCOC1CN=[N+]=[N-])C2. The number of ether oxygens (including phenoxy) is 1. The summed E-state index contributed by atoms with van der Waals surface area (Å²) in [5.74, 6) is 0. The molecule has 3 fully saturated rings. The van der Waals surface area contributed by atoms with Crippen molar-refractivity contribution in [2.45, 2.75) is 50.3 Å². The van der Waals surface area contributed by atoms with Gasteiger partial charge >= 0.3 is 0 Å². The Kier molecular flexibility index (Phi) is 2.77. The normalized spacial score (nSPS) is 45.1. The minimum atomic E-state index is 0.162. The highest BCUT2D eigenvalue weighted by molar-refractivity contribution is 5.05. The molecule has 0 saturated carbocycles. The molecule has 3 saturated heterocycles. The van der Waals surface area contributed by atoms with Gasteiger partial charge < -0.3 is 9.64 Å². The molecule has 17 heavy (non-hydrogen) atoms. The lowest BCUT2D eigenvalue weighted by Crippen LogP contribution is -2.49. The number of piperidine rings is 1. The lowest BCUT2D eigenvalue weighted by molar-refractivity contribution is -0.00637. The second kappa shape index (κ2) is 4.16. The Hall–Kier alpha value is -0.770. The molecule has 1 spiro atoms. The van der Waals surface area contributed by atoms with Gasteiger partial charge in [-0.2, -0.15) is 0 Å². The first-order chi connectivity index (χ1) is 8.25. The van der Waals surface area contributed by atoms with Crippen LogP contribution < -0.4 is 0 Å². The van der Waals surface area contributed by atoms with Crippen LogP contribution in [0.2, 0.25) is 0 Å². The summed E-state index contributed by atoms with van der Waals surface area (Å²) < 4.78 is 5.82. The van der Waals surface area contributed by atoms with Crippen molar-refractivity contribution in [3.8, 4) is 0 Å². The molecule has 0 amide bonds. The van der Waals surface area contributed by atoms with Gasteiger partial charge in [0.15, 0.2) is 0 Å². The average Bonchev–Trinajstić information content (AvgIpc) is 2.76. The van der Waals surface area contributed by atoms with Crippen molar-refractivity contribution in [3.63, 3.8) is 0 Å². The van der Waals surface area contributed by atoms with Gasteiger partial charge in [-0.15, -0.1) is 0 Å². The fourth-order valence-electron chi connectivity index (χ4n) is 4.17. The van der Waals surface area contributed by atoms with Crippen LogP contribution in [0.3, 0.4) is 0 Å². The molecule has 3 aliphatic heterocycles. The van der Waals surface area contributed by atoms with Gasteiger partial charge in [0.25, 0.3) is 0 Å². The molecule has 5 nitrogen and oxygen atoms in total. The van der Waals surface area contributed by atoms with Crippen LogP contribution in [0.4, 0.5) is 0 Å². The fourth-order valence-corrected chi connectivity index (χ4v) is 4.17. The first kappa shape index (κ1) is 11.3. The molecule has 3 aliphatic rings. The highest BCUT2D eigenvalue weighted by Crippen LogP contribution is 2.52. The molecule has 0 aromatic rings. The predicted octanol–water partition coefficient (Wildman–Crippen LogP) is 2.33. The summed E-state index contributed by atoms with van der Waals surface area (Å²) in [4.78, 5) is 5.43. The van der Waals surface area contributed by atoms with E-state index in [0.717, 1.165) is 25.1 Å². The molecule has 3 atom stereocenters. The number of hydrogen-bond donors (Lipinski definition) is 0. The summed E-state index contributed by atoms with van der Waals surface area (Å²) in [6, 6.07) is 1.45. The minimum absolute atomic E-state index is 0.162.